The van der Waals surface area contributed by atoms with Crippen molar-refractivity contribution in [2.45, 2.75) is 123 Å². The van der Waals surface area contributed by atoms with Gasteiger partial charge in [0.05, 0.1) is 16.6 Å². The van der Waals surface area contributed by atoms with E-state index in [9.17, 15) is 4.79 Å². The lowest BCUT2D eigenvalue weighted by atomic mass is 9.70. The Morgan fingerprint density at radius 1 is 0.853 bits per heavy atom. The molecule has 2 fully saturated rings. The molecule has 192 valence electrons. The van der Waals surface area contributed by atoms with Gasteiger partial charge in [-0.05, 0) is 96.8 Å². The molecule has 3 nitrogen and oxygen atoms in total. The Morgan fingerprint density at radius 2 is 1.50 bits per heavy atom. The van der Waals surface area contributed by atoms with Gasteiger partial charge < -0.3 is 9.47 Å². The minimum Gasteiger partial charge on any atom is -0.492 e. The second-order valence-corrected chi connectivity index (χ2v) is 11.6. The molecule has 2 saturated carbocycles. The van der Waals surface area contributed by atoms with Crippen LogP contribution in [0.4, 0.5) is 0 Å². The van der Waals surface area contributed by atoms with Gasteiger partial charge in [-0.1, -0.05) is 71.6 Å². The number of unbranched alkanes of at least 4 members (excludes halogenated alkanes) is 5. The van der Waals surface area contributed by atoms with Gasteiger partial charge in [0, 0.05) is 0 Å². The van der Waals surface area contributed by atoms with Gasteiger partial charge in [-0.15, -0.1) is 0 Å². The molecule has 4 heteroatoms. The predicted molar refractivity (Wildman–Crippen MR) is 145 cm³/mol. The molecule has 1 aromatic carbocycles. The summed E-state index contributed by atoms with van der Waals surface area (Å²) in [6.45, 7) is 5.19. The van der Waals surface area contributed by atoms with Gasteiger partial charge in [-0.3, -0.25) is 0 Å². The average molecular weight is 536 g/mol. The van der Waals surface area contributed by atoms with Crippen molar-refractivity contribution in [3.8, 4) is 5.75 Å². The molecule has 34 heavy (non-hydrogen) atoms. The molecule has 0 N–H and O–H groups in total. The summed E-state index contributed by atoms with van der Waals surface area (Å²) in [6, 6.07) is 5.54. The minimum atomic E-state index is -0.203. The van der Waals surface area contributed by atoms with Gasteiger partial charge in [0.25, 0.3) is 0 Å². The van der Waals surface area contributed by atoms with E-state index in [4.69, 9.17) is 9.47 Å². The van der Waals surface area contributed by atoms with E-state index in [0.717, 1.165) is 47.2 Å². The molecule has 2 aliphatic rings. The first-order valence-electron chi connectivity index (χ1n) is 14.2. The molecule has 0 unspecified atom stereocenters. The topological polar surface area (TPSA) is 35.5 Å². The third-order valence-electron chi connectivity index (χ3n) is 8.19. The fourth-order valence-corrected chi connectivity index (χ4v) is 6.48. The fourth-order valence-electron chi connectivity index (χ4n) is 5.98. The lowest BCUT2D eigenvalue weighted by Gasteiger charge is -2.37. The normalized spacial score (nSPS) is 25.1. The zero-order chi connectivity index (χ0) is 24.2. The number of carbonyl (C=O) groups is 1. The number of esters is 1. The van der Waals surface area contributed by atoms with E-state index in [-0.39, 0.29) is 12.1 Å². The van der Waals surface area contributed by atoms with Crippen LogP contribution in [0.25, 0.3) is 0 Å². The maximum absolute atomic E-state index is 12.7. The van der Waals surface area contributed by atoms with Crippen molar-refractivity contribution >= 4 is 21.9 Å². The Kier molecular flexibility index (Phi) is 12.3. The summed E-state index contributed by atoms with van der Waals surface area (Å²) in [5.74, 6) is 3.32. The summed E-state index contributed by atoms with van der Waals surface area (Å²) in [5.41, 5.74) is 0.604. The van der Waals surface area contributed by atoms with Crippen LogP contribution in [0.1, 0.15) is 127 Å². The van der Waals surface area contributed by atoms with Gasteiger partial charge in [0.2, 0.25) is 0 Å². The van der Waals surface area contributed by atoms with Gasteiger partial charge in [-0.2, -0.15) is 0 Å². The second-order valence-electron chi connectivity index (χ2n) is 10.8. The first-order chi connectivity index (χ1) is 16.6. The molecular formula is C30H47BrO3. The molecule has 0 radical (unpaired) electrons. The van der Waals surface area contributed by atoms with E-state index in [2.05, 4.69) is 29.8 Å². The van der Waals surface area contributed by atoms with Crippen molar-refractivity contribution in [3.63, 3.8) is 0 Å². The standard InChI is InChI=1S/C30H47BrO3/c1-3-5-7-8-10-23-11-13-24(14-12-23)25-15-18-27(19-16-25)34-30(32)26-17-20-29(28(31)22-26)33-21-9-6-4-2/h17,20,22-25,27H,3-16,18-19,21H2,1-2H3. The molecule has 2 aliphatic carbocycles. The first-order valence-corrected chi connectivity index (χ1v) is 15.0. The number of hydrogen-bond acceptors (Lipinski definition) is 3. The summed E-state index contributed by atoms with van der Waals surface area (Å²) in [4.78, 5) is 12.7. The highest BCUT2D eigenvalue weighted by Crippen LogP contribution is 2.41. The van der Waals surface area contributed by atoms with Crippen molar-refractivity contribution < 1.29 is 14.3 Å². The molecule has 3 rings (SSSR count). The summed E-state index contributed by atoms with van der Waals surface area (Å²) in [7, 11) is 0. The summed E-state index contributed by atoms with van der Waals surface area (Å²) >= 11 is 3.55. The lowest BCUT2D eigenvalue weighted by Crippen LogP contribution is -2.29. The van der Waals surface area contributed by atoms with Crippen LogP contribution in [0, 0.1) is 17.8 Å². The zero-order valence-electron chi connectivity index (χ0n) is 21.7. The Morgan fingerprint density at radius 3 is 2.15 bits per heavy atom. The monoisotopic (exact) mass is 534 g/mol. The Balaban J connectivity index is 1.36. The van der Waals surface area contributed by atoms with Crippen LogP contribution < -0.4 is 4.74 Å². The van der Waals surface area contributed by atoms with E-state index in [1.165, 1.54) is 83.5 Å². The Labute approximate surface area is 216 Å². The van der Waals surface area contributed by atoms with Crippen LogP contribution in [-0.2, 0) is 4.74 Å². The van der Waals surface area contributed by atoms with Crippen molar-refractivity contribution in [2.24, 2.45) is 17.8 Å². The van der Waals surface area contributed by atoms with E-state index < -0.39 is 0 Å². The van der Waals surface area contributed by atoms with E-state index in [1.54, 1.807) is 0 Å². The second kappa shape index (κ2) is 15.2. The minimum absolute atomic E-state index is 0.0717. The van der Waals surface area contributed by atoms with E-state index in [1.807, 2.05) is 18.2 Å². The number of halogens is 1. The quantitative estimate of drug-likeness (QED) is 0.186. The highest BCUT2D eigenvalue weighted by Gasteiger charge is 2.32. The molecule has 0 aromatic heterocycles. The SMILES string of the molecule is CCCCCCC1CCC(C2CCC(OC(=O)c3ccc(OCCCCC)c(Br)c3)CC2)CC1. The molecule has 1 aromatic rings. The molecule has 0 aliphatic heterocycles. The van der Waals surface area contributed by atoms with Crippen molar-refractivity contribution in [1.29, 1.82) is 0 Å². The van der Waals surface area contributed by atoms with Crippen LogP contribution in [0.2, 0.25) is 0 Å². The number of rotatable bonds is 13. The van der Waals surface area contributed by atoms with Gasteiger partial charge in [-0.25, -0.2) is 4.79 Å². The Hall–Kier alpha value is -1.03. The molecule has 0 bridgehead atoms. The van der Waals surface area contributed by atoms with Crippen LogP contribution in [0.15, 0.2) is 22.7 Å². The zero-order valence-corrected chi connectivity index (χ0v) is 23.3. The van der Waals surface area contributed by atoms with Crippen LogP contribution in [0.5, 0.6) is 5.75 Å². The summed E-state index contributed by atoms with van der Waals surface area (Å²) < 4.78 is 12.6. The summed E-state index contributed by atoms with van der Waals surface area (Å²) in [6.07, 6.45) is 20.7. The fraction of sp³-hybridized carbons (Fsp3) is 0.767. The predicted octanol–water partition coefficient (Wildman–Crippen LogP) is 9.51. The molecule has 0 atom stereocenters. The molecule has 0 saturated heterocycles. The van der Waals surface area contributed by atoms with E-state index >= 15 is 0 Å². The van der Waals surface area contributed by atoms with Crippen molar-refractivity contribution in [2.75, 3.05) is 6.61 Å². The largest absolute Gasteiger partial charge is 0.492 e. The number of benzene rings is 1. The smallest absolute Gasteiger partial charge is 0.338 e. The number of ether oxygens (including phenoxy) is 2. The van der Waals surface area contributed by atoms with Crippen LogP contribution in [-0.4, -0.2) is 18.7 Å². The van der Waals surface area contributed by atoms with Gasteiger partial charge in [0.1, 0.15) is 11.9 Å². The van der Waals surface area contributed by atoms with Gasteiger partial charge in [0.15, 0.2) is 0 Å². The van der Waals surface area contributed by atoms with Gasteiger partial charge >= 0.3 is 5.97 Å². The van der Waals surface area contributed by atoms with Crippen molar-refractivity contribution in [3.05, 3.63) is 28.2 Å². The lowest BCUT2D eigenvalue weighted by molar-refractivity contribution is 0.0109. The highest BCUT2D eigenvalue weighted by molar-refractivity contribution is 9.10. The van der Waals surface area contributed by atoms with E-state index in [0.29, 0.717) is 12.2 Å². The maximum Gasteiger partial charge on any atom is 0.338 e. The number of hydrogen-bond donors (Lipinski definition) is 0. The van der Waals surface area contributed by atoms with Crippen molar-refractivity contribution in [1.82, 2.24) is 0 Å². The average Bonchev–Trinajstić information content (AvgIpc) is 2.86. The first kappa shape index (κ1) is 27.6. The molecular weight excluding hydrogens is 488 g/mol. The molecule has 0 amide bonds. The molecule has 0 heterocycles. The maximum atomic E-state index is 12.7. The third-order valence-corrected chi connectivity index (χ3v) is 8.81. The summed E-state index contributed by atoms with van der Waals surface area (Å²) in [5, 5.41) is 0. The third kappa shape index (κ3) is 8.88. The number of carbonyl (C=O) groups excluding carboxylic acids is 1. The van der Waals surface area contributed by atoms with Crippen LogP contribution >= 0.6 is 15.9 Å². The Bertz CT molecular complexity index is 718. The highest BCUT2D eigenvalue weighted by atomic mass is 79.9. The molecule has 0 spiro atoms. The van der Waals surface area contributed by atoms with Crippen LogP contribution in [0.3, 0.4) is 0 Å².